The third kappa shape index (κ3) is 4.20. The number of nitrogens with two attached hydrogens (primary N) is 1. The molecule has 0 unspecified atom stereocenters. The van der Waals surface area contributed by atoms with Gasteiger partial charge in [-0.3, -0.25) is 4.79 Å². The number of hydrogen-bond donors (Lipinski definition) is 4. The summed E-state index contributed by atoms with van der Waals surface area (Å²) < 4.78 is 46.2. The molecule has 1 heterocycles. The molecule has 0 bridgehead atoms. The third-order valence-corrected chi connectivity index (χ3v) is 4.28. The predicted molar refractivity (Wildman–Crippen MR) is 101 cm³/mol. The molecule has 3 aromatic rings. The van der Waals surface area contributed by atoms with Gasteiger partial charge in [-0.15, -0.1) is 0 Å². The van der Waals surface area contributed by atoms with Crippen molar-refractivity contribution in [3.63, 3.8) is 0 Å². The fraction of sp³-hybridized carbons (Fsp3) is 0.0500. The van der Waals surface area contributed by atoms with E-state index in [4.69, 9.17) is 10.5 Å². The molecule has 8 nitrogen and oxygen atoms in total. The number of carboxylic acid groups (broad SMARTS) is 2. The number of rotatable bonds is 6. The third-order valence-electron chi connectivity index (χ3n) is 4.28. The molecule has 1 aromatic heterocycles. The number of H-pyrrole nitrogens is 1. The van der Waals surface area contributed by atoms with Gasteiger partial charge in [0.15, 0.2) is 0 Å². The highest BCUT2D eigenvalue weighted by molar-refractivity contribution is 6.08. The van der Waals surface area contributed by atoms with Crippen molar-refractivity contribution in [1.29, 1.82) is 0 Å². The fourth-order valence-electron chi connectivity index (χ4n) is 2.93. The number of aromatic nitrogens is 1. The van der Waals surface area contributed by atoms with Crippen LogP contribution >= 0.6 is 0 Å². The van der Waals surface area contributed by atoms with E-state index in [1.54, 1.807) is 0 Å². The largest absolute Gasteiger partial charge is 0.488 e. The number of nitrogens with one attached hydrogen (secondary N) is 1. The van der Waals surface area contributed by atoms with Gasteiger partial charge in [-0.2, -0.15) is 0 Å². The van der Waals surface area contributed by atoms with Crippen LogP contribution in [0.4, 0.5) is 19.0 Å². The minimum absolute atomic E-state index is 0.112. The monoisotopic (exact) mass is 434 g/mol. The summed E-state index contributed by atoms with van der Waals surface area (Å²) in [6, 6.07) is 5.34. The molecule has 31 heavy (non-hydrogen) atoms. The molecule has 0 atom stereocenters. The van der Waals surface area contributed by atoms with Crippen LogP contribution in [-0.4, -0.2) is 27.1 Å². The number of carboxylic acids is 2. The number of benzene rings is 2. The van der Waals surface area contributed by atoms with Crippen LogP contribution in [0.15, 0.2) is 41.2 Å². The molecule has 5 N–H and O–H groups in total. The highest BCUT2D eigenvalue weighted by Crippen LogP contribution is 2.36. The smallest absolute Gasteiger partial charge is 0.342 e. The number of nitrogen functional groups attached to an aromatic ring is 1. The van der Waals surface area contributed by atoms with Crippen molar-refractivity contribution in [2.75, 3.05) is 5.73 Å². The van der Waals surface area contributed by atoms with Crippen molar-refractivity contribution in [3.05, 3.63) is 80.9 Å². The molecule has 3 rings (SSSR count). The molecule has 0 spiro atoms. The van der Waals surface area contributed by atoms with Crippen molar-refractivity contribution in [3.8, 4) is 16.9 Å². The van der Waals surface area contributed by atoms with E-state index in [0.29, 0.717) is 6.07 Å². The average molecular weight is 434 g/mol. The maximum Gasteiger partial charge on any atom is 0.342 e. The Morgan fingerprint density at radius 3 is 2.19 bits per heavy atom. The van der Waals surface area contributed by atoms with Gasteiger partial charge in [0.2, 0.25) is 0 Å². The van der Waals surface area contributed by atoms with Gasteiger partial charge in [0, 0.05) is 28.8 Å². The number of pyridine rings is 1. The van der Waals surface area contributed by atoms with E-state index in [-0.39, 0.29) is 11.1 Å². The van der Waals surface area contributed by atoms with Crippen molar-refractivity contribution in [2.45, 2.75) is 6.61 Å². The lowest BCUT2D eigenvalue weighted by Gasteiger charge is -2.16. The second kappa shape index (κ2) is 8.22. The molecule has 0 fully saturated rings. The molecule has 0 aliphatic heterocycles. The lowest BCUT2D eigenvalue weighted by molar-refractivity contribution is 0.0695. The van der Waals surface area contributed by atoms with Crippen LogP contribution in [0, 0.1) is 17.5 Å². The summed E-state index contributed by atoms with van der Waals surface area (Å²) in [5.74, 6) is -7.06. The van der Waals surface area contributed by atoms with E-state index in [2.05, 4.69) is 0 Å². The van der Waals surface area contributed by atoms with E-state index in [1.807, 2.05) is 4.98 Å². The molecule has 2 aromatic carbocycles. The lowest BCUT2D eigenvalue weighted by atomic mass is 9.94. The zero-order valence-electron chi connectivity index (χ0n) is 15.4. The van der Waals surface area contributed by atoms with Crippen LogP contribution in [0.3, 0.4) is 0 Å². The van der Waals surface area contributed by atoms with E-state index < -0.39 is 69.8 Å². The summed E-state index contributed by atoms with van der Waals surface area (Å²) in [4.78, 5) is 37.5. The second-order valence-electron chi connectivity index (χ2n) is 6.27. The Kier molecular flexibility index (Phi) is 5.68. The summed E-state index contributed by atoms with van der Waals surface area (Å²) >= 11 is 0. The highest BCUT2D eigenvalue weighted by Gasteiger charge is 2.28. The van der Waals surface area contributed by atoms with Crippen LogP contribution in [0.2, 0.25) is 0 Å². The van der Waals surface area contributed by atoms with Gasteiger partial charge in [-0.05, 0) is 24.3 Å². The van der Waals surface area contributed by atoms with Crippen molar-refractivity contribution in [2.24, 2.45) is 0 Å². The van der Waals surface area contributed by atoms with Gasteiger partial charge >= 0.3 is 11.9 Å². The van der Waals surface area contributed by atoms with Crippen molar-refractivity contribution < 1.29 is 37.7 Å². The Hall–Kier alpha value is -4.28. The van der Waals surface area contributed by atoms with Gasteiger partial charge in [0.25, 0.3) is 5.56 Å². The maximum absolute atomic E-state index is 13.9. The normalized spacial score (nSPS) is 10.7. The Morgan fingerprint density at radius 1 is 0.968 bits per heavy atom. The number of aromatic amines is 1. The van der Waals surface area contributed by atoms with Crippen LogP contribution in [0.25, 0.3) is 11.1 Å². The molecule has 0 saturated heterocycles. The number of aromatic carboxylic acids is 2. The first-order chi connectivity index (χ1) is 14.6. The zero-order chi connectivity index (χ0) is 22.9. The molecular weight excluding hydrogens is 421 g/mol. The quantitative estimate of drug-likeness (QED) is 0.467. The van der Waals surface area contributed by atoms with Gasteiger partial charge in [0.1, 0.15) is 46.8 Å². The maximum atomic E-state index is 13.9. The molecular formula is C20H13F3N2O6. The molecule has 0 aliphatic rings. The minimum Gasteiger partial charge on any atom is -0.488 e. The first-order valence-electron chi connectivity index (χ1n) is 8.49. The van der Waals surface area contributed by atoms with Crippen molar-refractivity contribution >= 4 is 17.8 Å². The molecule has 0 amide bonds. The SMILES string of the molecule is Nc1[nH]c(=O)c(C(=O)O)c(-c2ccc(F)cc2OCc2ccc(F)cc2F)c1C(=O)O. The van der Waals surface area contributed by atoms with Crippen LogP contribution in [0.5, 0.6) is 5.75 Å². The average Bonchev–Trinajstić information content (AvgIpc) is 2.66. The zero-order valence-corrected chi connectivity index (χ0v) is 15.4. The molecule has 0 radical (unpaired) electrons. The van der Waals surface area contributed by atoms with E-state index >= 15 is 0 Å². The van der Waals surface area contributed by atoms with E-state index in [9.17, 15) is 37.8 Å². The van der Waals surface area contributed by atoms with Gasteiger partial charge in [-0.1, -0.05) is 0 Å². The predicted octanol–water partition coefficient (Wildman–Crippen LogP) is 3.02. The molecule has 11 heteroatoms. The topological polar surface area (TPSA) is 143 Å². The fourth-order valence-corrected chi connectivity index (χ4v) is 2.93. The summed E-state index contributed by atoms with van der Waals surface area (Å²) in [5.41, 5.74) is 1.67. The number of carbonyl (C=O) groups is 2. The molecule has 160 valence electrons. The number of hydrogen-bond acceptors (Lipinski definition) is 5. The first kappa shape index (κ1) is 21.4. The number of halogens is 3. The van der Waals surface area contributed by atoms with Gasteiger partial charge in [0.05, 0.1) is 0 Å². The summed E-state index contributed by atoms with van der Waals surface area (Å²) in [7, 11) is 0. The minimum atomic E-state index is -1.77. The first-order valence-corrected chi connectivity index (χ1v) is 8.49. The second-order valence-corrected chi connectivity index (χ2v) is 6.27. The number of ether oxygens (including phenoxy) is 1. The standard InChI is InChI=1S/C20H13F3N2O6/c21-9-2-1-8(12(23)5-9)7-31-13-6-10(22)3-4-11(13)14-15(19(27)28)17(24)25-18(26)16(14)20(29)30/h1-6H,7H2,(H,27,28)(H,29,30)(H3,24,25,26). The van der Waals surface area contributed by atoms with Gasteiger partial charge in [-0.25, -0.2) is 22.8 Å². The van der Waals surface area contributed by atoms with Crippen LogP contribution < -0.4 is 16.0 Å². The number of anilines is 1. The Labute approximate surface area is 171 Å². The molecule has 0 saturated carbocycles. The van der Waals surface area contributed by atoms with E-state index in [1.165, 1.54) is 0 Å². The lowest BCUT2D eigenvalue weighted by Crippen LogP contribution is -2.24. The van der Waals surface area contributed by atoms with E-state index in [0.717, 1.165) is 30.3 Å². The highest BCUT2D eigenvalue weighted by atomic mass is 19.1. The Morgan fingerprint density at radius 2 is 1.58 bits per heavy atom. The summed E-state index contributed by atoms with van der Waals surface area (Å²) in [5, 5.41) is 19.0. The van der Waals surface area contributed by atoms with Crippen LogP contribution in [0.1, 0.15) is 26.3 Å². The van der Waals surface area contributed by atoms with Crippen LogP contribution in [-0.2, 0) is 6.61 Å². The Bertz CT molecular complexity index is 1270. The van der Waals surface area contributed by atoms with Gasteiger partial charge < -0.3 is 25.7 Å². The Balaban J connectivity index is 2.22. The summed E-state index contributed by atoms with van der Waals surface area (Å²) in [6.07, 6.45) is 0. The summed E-state index contributed by atoms with van der Waals surface area (Å²) in [6.45, 7) is -0.536. The molecule has 0 aliphatic carbocycles. The van der Waals surface area contributed by atoms with Crippen molar-refractivity contribution in [1.82, 2.24) is 4.98 Å².